The summed E-state index contributed by atoms with van der Waals surface area (Å²) in [5, 5.41) is 8.86. The van der Waals surface area contributed by atoms with Gasteiger partial charge in [-0.3, -0.25) is 9.59 Å². The van der Waals surface area contributed by atoms with Crippen LogP contribution in [0.5, 0.6) is 5.75 Å². The molecule has 0 unspecified atom stereocenters. The Balaban J connectivity index is 2.89. The first-order valence-electron chi connectivity index (χ1n) is 5.92. The van der Waals surface area contributed by atoms with Gasteiger partial charge in [-0.25, -0.2) is 0 Å². The van der Waals surface area contributed by atoms with Gasteiger partial charge >= 0.3 is 5.97 Å². The molecule has 0 saturated carbocycles. The topological polar surface area (TPSA) is 66.8 Å². The second-order valence-corrected chi connectivity index (χ2v) is 4.98. The highest BCUT2D eigenvalue weighted by Gasteiger charge is 2.30. The lowest BCUT2D eigenvalue weighted by atomic mass is 9.97. The van der Waals surface area contributed by atoms with E-state index in [1.165, 1.54) is 4.90 Å². The predicted molar refractivity (Wildman–Crippen MR) is 71.4 cm³/mol. The molecule has 1 aromatic carbocycles. The fraction of sp³-hybridized carbons (Fsp3) is 0.429. The molecule has 1 aromatic rings. The molecule has 0 aliphatic rings. The van der Waals surface area contributed by atoms with Gasteiger partial charge in [0, 0.05) is 18.2 Å². The number of carboxylic acids is 1. The van der Waals surface area contributed by atoms with E-state index in [1.54, 1.807) is 52.3 Å². The normalized spacial score (nSPS) is 10.9. The molecule has 5 heteroatoms. The van der Waals surface area contributed by atoms with Crippen LogP contribution in [0.15, 0.2) is 24.3 Å². The van der Waals surface area contributed by atoms with E-state index in [0.717, 1.165) is 0 Å². The quantitative estimate of drug-likeness (QED) is 0.884. The summed E-state index contributed by atoms with van der Waals surface area (Å²) in [7, 11) is 3.16. The van der Waals surface area contributed by atoms with Gasteiger partial charge in [0.1, 0.15) is 5.75 Å². The lowest BCUT2D eigenvalue weighted by molar-refractivity contribution is -0.139. The third-order valence-electron chi connectivity index (χ3n) is 3.13. The molecule has 104 valence electrons. The first-order chi connectivity index (χ1) is 8.77. The number of carboxylic acid groups (broad SMARTS) is 1. The third kappa shape index (κ3) is 3.71. The van der Waals surface area contributed by atoms with Gasteiger partial charge in [-0.2, -0.15) is 0 Å². The van der Waals surface area contributed by atoms with E-state index in [4.69, 9.17) is 9.84 Å². The van der Waals surface area contributed by atoms with E-state index in [9.17, 15) is 9.59 Å². The van der Waals surface area contributed by atoms with Crippen molar-refractivity contribution < 1.29 is 19.4 Å². The van der Waals surface area contributed by atoms with Crippen LogP contribution in [0.4, 0.5) is 0 Å². The molecule has 0 aliphatic heterocycles. The van der Waals surface area contributed by atoms with Gasteiger partial charge in [0.05, 0.1) is 13.5 Å². The Morgan fingerprint density at radius 1 is 1.26 bits per heavy atom. The minimum Gasteiger partial charge on any atom is -0.497 e. The van der Waals surface area contributed by atoms with Crippen LogP contribution < -0.4 is 4.74 Å². The number of benzene rings is 1. The van der Waals surface area contributed by atoms with Crippen LogP contribution in [0.1, 0.15) is 30.6 Å². The van der Waals surface area contributed by atoms with E-state index in [2.05, 4.69) is 0 Å². The van der Waals surface area contributed by atoms with E-state index in [-0.39, 0.29) is 12.3 Å². The van der Waals surface area contributed by atoms with Crippen LogP contribution in [0, 0.1) is 0 Å². The molecule has 0 radical (unpaired) electrons. The second kappa shape index (κ2) is 5.73. The number of carbonyl (C=O) groups excluding carboxylic acids is 1. The molecule has 1 N–H and O–H groups in total. The number of hydrogen-bond acceptors (Lipinski definition) is 3. The summed E-state index contributed by atoms with van der Waals surface area (Å²) in [6, 6.07) is 6.72. The van der Waals surface area contributed by atoms with Crippen molar-refractivity contribution in [2.75, 3.05) is 14.2 Å². The highest BCUT2D eigenvalue weighted by Crippen LogP contribution is 2.21. The summed E-state index contributed by atoms with van der Waals surface area (Å²) in [6.07, 6.45) is -0.106. The summed E-state index contributed by atoms with van der Waals surface area (Å²) >= 11 is 0. The van der Waals surface area contributed by atoms with Crippen LogP contribution >= 0.6 is 0 Å². The van der Waals surface area contributed by atoms with Crippen molar-refractivity contribution in [1.29, 1.82) is 0 Å². The molecule has 0 atom stereocenters. The maximum absolute atomic E-state index is 12.3. The Bertz CT molecular complexity index is 465. The summed E-state index contributed by atoms with van der Waals surface area (Å²) in [4.78, 5) is 24.5. The lowest BCUT2D eigenvalue weighted by Gasteiger charge is -2.34. The van der Waals surface area contributed by atoms with Gasteiger partial charge < -0.3 is 14.7 Å². The Labute approximate surface area is 112 Å². The highest BCUT2D eigenvalue weighted by atomic mass is 16.5. The molecule has 0 bridgehead atoms. The number of hydrogen-bond donors (Lipinski definition) is 1. The van der Waals surface area contributed by atoms with Crippen molar-refractivity contribution in [2.24, 2.45) is 0 Å². The molecular formula is C14H19NO4. The zero-order chi connectivity index (χ0) is 14.6. The van der Waals surface area contributed by atoms with Gasteiger partial charge in [0.15, 0.2) is 0 Å². The minimum absolute atomic E-state index is 0.106. The third-order valence-corrected chi connectivity index (χ3v) is 3.13. The van der Waals surface area contributed by atoms with Crippen molar-refractivity contribution in [3.8, 4) is 5.75 Å². The molecule has 0 aromatic heterocycles. The van der Waals surface area contributed by atoms with E-state index in [1.807, 2.05) is 0 Å². The average molecular weight is 265 g/mol. The molecule has 0 saturated heterocycles. The molecular weight excluding hydrogens is 246 g/mol. The second-order valence-electron chi connectivity index (χ2n) is 4.98. The van der Waals surface area contributed by atoms with Gasteiger partial charge in [0.2, 0.25) is 0 Å². The molecule has 0 fully saturated rings. The van der Waals surface area contributed by atoms with E-state index in [0.29, 0.717) is 11.3 Å². The predicted octanol–water partition coefficient (Wildman–Crippen LogP) is 2.02. The summed E-state index contributed by atoms with van der Waals surface area (Å²) < 4.78 is 5.03. The Kier molecular flexibility index (Phi) is 4.53. The minimum atomic E-state index is -0.931. The van der Waals surface area contributed by atoms with E-state index >= 15 is 0 Å². The number of rotatable bonds is 5. The van der Waals surface area contributed by atoms with Gasteiger partial charge in [0.25, 0.3) is 5.91 Å². The van der Waals surface area contributed by atoms with Gasteiger partial charge in [-0.05, 0) is 38.1 Å². The fourth-order valence-corrected chi connectivity index (χ4v) is 1.69. The summed E-state index contributed by atoms with van der Waals surface area (Å²) in [5.74, 6) is -0.475. The Morgan fingerprint density at radius 3 is 2.21 bits per heavy atom. The van der Waals surface area contributed by atoms with Crippen molar-refractivity contribution >= 4 is 11.9 Å². The standard InChI is InChI=1S/C14H19NO4/c1-14(2,9-12(16)17)15(3)13(18)10-5-7-11(19-4)8-6-10/h5-8H,9H2,1-4H3,(H,16,17). The molecule has 5 nitrogen and oxygen atoms in total. The molecule has 0 spiro atoms. The molecule has 1 amide bonds. The smallest absolute Gasteiger partial charge is 0.305 e. The van der Waals surface area contributed by atoms with Gasteiger partial charge in [-0.15, -0.1) is 0 Å². The fourth-order valence-electron chi connectivity index (χ4n) is 1.69. The average Bonchev–Trinajstić information content (AvgIpc) is 2.35. The van der Waals surface area contributed by atoms with Crippen LogP contribution in [-0.4, -0.2) is 41.6 Å². The molecule has 1 rings (SSSR count). The first kappa shape index (κ1) is 15.0. The van der Waals surface area contributed by atoms with Crippen molar-refractivity contribution in [3.63, 3.8) is 0 Å². The SMILES string of the molecule is COc1ccc(C(=O)N(C)C(C)(C)CC(=O)O)cc1. The van der Waals surface area contributed by atoms with Crippen LogP contribution in [0.3, 0.4) is 0 Å². The maximum atomic E-state index is 12.3. The van der Waals surface area contributed by atoms with Crippen molar-refractivity contribution in [3.05, 3.63) is 29.8 Å². The van der Waals surface area contributed by atoms with Crippen LogP contribution in [0.25, 0.3) is 0 Å². The summed E-state index contributed by atoms with van der Waals surface area (Å²) in [5.41, 5.74) is -0.246. The Morgan fingerprint density at radius 2 is 1.79 bits per heavy atom. The number of carbonyl (C=O) groups is 2. The maximum Gasteiger partial charge on any atom is 0.305 e. The van der Waals surface area contributed by atoms with Crippen LogP contribution in [-0.2, 0) is 4.79 Å². The highest BCUT2D eigenvalue weighted by molar-refractivity contribution is 5.94. The zero-order valence-electron chi connectivity index (χ0n) is 11.6. The Hall–Kier alpha value is -2.04. The number of nitrogens with zero attached hydrogens (tertiary/aromatic N) is 1. The summed E-state index contributed by atoms with van der Waals surface area (Å²) in [6.45, 7) is 3.45. The number of methoxy groups -OCH3 is 1. The zero-order valence-corrected chi connectivity index (χ0v) is 11.6. The molecule has 19 heavy (non-hydrogen) atoms. The largest absolute Gasteiger partial charge is 0.497 e. The first-order valence-corrected chi connectivity index (χ1v) is 5.92. The van der Waals surface area contributed by atoms with Gasteiger partial charge in [-0.1, -0.05) is 0 Å². The van der Waals surface area contributed by atoms with Crippen LogP contribution in [0.2, 0.25) is 0 Å². The number of amides is 1. The van der Waals surface area contributed by atoms with Crippen molar-refractivity contribution in [2.45, 2.75) is 25.8 Å². The molecule has 0 aliphatic carbocycles. The number of ether oxygens (including phenoxy) is 1. The van der Waals surface area contributed by atoms with Crippen molar-refractivity contribution in [1.82, 2.24) is 4.90 Å². The molecule has 0 heterocycles. The lowest BCUT2D eigenvalue weighted by Crippen LogP contribution is -2.46. The monoisotopic (exact) mass is 265 g/mol. The van der Waals surface area contributed by atoms with E-state index < -0.39 is 11.5 Å². The number of aliphatic carboxylic acids is 1.